The average Bonchev–Trinajstić information content (AvgIpc) is 2.51. The number of anilines is 1. The predicted octanol–water partition coefficient (Wildman–Crippen LogP) is 2.12. The quantitative estimate of drug-likeness (QED) is 0.616. The Morgan fingerprint density at radius 2 is 1.94 bits per heavy atom. The van der Waals surface area contributed by atoms with Crippen molar-refractivity contribution < 1.29 is 18.4 Å². The number of halogens is 3. The van der Waals surface area contributed by atoms with Gasteiger partial charge >= 0.3 is 0 Å². The van der Waals surface area contributed by atoms with Crippen molar-refractivity contribution in [2.75, 3.05) is 17.3 Å². The second kappa shape index (κ2) is 4.41. The molecule has 0 spiro atoms. The van der Waals surface area contributed by atoms with E-state index in [0.29, 0.717) is 12.5 Å². The smallest absolute Gasteiger partial charge is 0.299 e. The molecule has 1 aliphatic rings. The number of alkyl halides is 1. The molecule has 0 bridgehead atoms. The second-order valence-electron chi connectivity index (χ2n) is 3.61. The number of carbonyl (C=O) groups is 2. The van der Waals surface area contributed by atoms with Gasteiger partial charge < -0.3 is 4.90 Å². The zero-order chi connectivity index (χ0) is 12.6. The fourth-order valence-corrected chi connectivity index (χ4v) is 1.90. The molecular weight excluding hydrogens is 252 g/mol. The van der Waals surface area contributed by atoms with Crippen LogP contribution in [0.2, 0.25) is 0 Å². The van der Waals surface area contributed by atoms with Crippen LogP contribution in [0.25, 0.3) is 0 Å². The van der Waals surface area contributed by atoms with E-state index < -0.39 is 23.3 Å². The summed E-state index contributed by atoms with van der Waals surface area (Å²) in [6.45, 7) is 0.142. The van der Waals surface area contributed by atoms with Crippen molar-refractivity contribution in [3.8, 4) is 0 Å². The molecule has 0 fully saturated rings. The van der Waals surface area contributed by atoms with E-state index in [1.165, 1.54) is 0 Å². The fourth-order valence-electron chi connectivity index (χ4n) is 1.78. The van der Waals surface area contributed by atoms with Crippen molar-refractivity contribution in [2.24, 2.45) is 0 Å². The number of nitrogens with zero attached hydrogens (tertiary/aromatic N) is 1. The minimum atomic E-state index is -0.909. The molecular formula is C11H8ClF2NO2. The minimum absolute atomic E-state index is 0.142. The first-order valence-corrected chi connectivity index (χ1v) is 5.51. The molecule has 0 atom stereocenters. The molecule has 2 rings (SSSR count). The van der Waals surface area contributed by atoms with Gasteiger partial charge in [0.05, 0.1) is 11.3 Å². The second-order valence-corrected chi connectivity index (χ2v) is 3.99. The molecule has 1 heterocycles. The number of benzene rings is 1. The van der Waals surface area contributed by atoms with Crippen LogP contribution in [-0.2, 0) is 4.79 Å². The molecule has 1 aliphatic heterocycles. The highest BCUT2D eigenvalue weighted by Crippen LogP contribution is 2.32. The number of ketones is 1. The summed E-state index contributed by atoms with van der Waals surface area (Å²) in [6.07, 6.45) is 0.427. The summed E-state index contributed by atoms with van der Waals surface area (Å²) in [5.41, 5.74) is -0.367. The largest absolute Gasteiger partial charge is 0.302 e. The van der Waals surface area contributed by atoms with Crippen LogP contribution in [0.4, 0.5) is 14.5 Å². The van der Waals surface area contributed by atoms with Crippen molar-refractivity contribution in [1.29, 1.82) is 0 Å². The average molecular weight is 260 g/mol. The Morgan fingerprint density at radius 3 is 2.59 bits per heavy atom. The Kier molecular flexibility index (Phi) is 3.11. The van der Waals surface area contributed by atoms with E-state index in [2.05, 4.69) is 0 Å². The molecule has 1 amide bonds. The van der Waals surface area contributed by atoms with Crippen molar-refractivity contribution in [2.45, 2.75) is 6.42 Å². The normalized spacial score (nSPS) is 14.4. The molecule has 0 aliphatic carbocycles. The van der Waals surface area contributed by atoms with E-state index >= 15 is 0 Å². The number of hydrogen-bond acceptors (Lipinski definition) is 2. The van der Waals surface area contributed by atoms with E-state index in [9.17, 15) is 18.4 Å². The SMILES string of the molecule is O=C1C(=O)N(CCCCl)c2c(F)cc(F)cc21. The Bertz CT molecular complexity index is 504. The zero-order valence-corrected chi connectivity index (χ0v) is 9.43. The number of hydrogen-bond donors (Lipinski definition) is 0. The first-order chi connectivity index (χ1) is 8.06. The molecule has 3 nitrogen and oxygen atoms in total. The molecule has 0 N–H and O–H groups in total. The molecule has 0 unspecified atom stereocenters. The van der Waals surface area contributed by atoms with Crippen molar-refractivity contribution in [3.63, 3.8) is 0 Å². The first kappa shape index (κ1) is 12.0. The van der Waals surface area contributed by atoms with Crippen molar-refractivity contribution in [1.82, 2.24) is 0 Å². The number of carbonyl (C=O) groups excluding carboxylic acids is 2. The third kappa shape index (κ3) is 1.91. The third-order valence-electron chi connectivity index (χ3n) is 2.50. The number of rotatable bonds is 3. The summed E-state index contributed by atoms with van der Waals surface area (Å²) in [5, 5.41) is 0. The van der Waals surface area contributed by atoms with Gasteiger partial charge in [-0.05, 0) is 12.5 Å². The van der Waals surface area contributed by atoms with Gasteiger partial charge in [0.2, 0.25) is 0 Å². The van der Waals surface area contributed by atoms with Gasteiger partial charge in [-0.15, -0.1) is 11.6 Å². The summed E-state index contributed by atoms with van der Waals surface area (Å²) in [7, 11) is 0. The maximum Gasteiger partial charge on any atom is 0.299 e. The van der Waals surface area contributed by atoms with E-state index in [0.717, 1.165) is 11.0 Å². The van der Waals surface area contributed by atoms with Crippen LogP contribution in [0, 0.1) is 11.6 Å². The third-order valence-corrected chi connectivity index (χ3v) is 2.76. The van der Waals surface area contributed by atoms with E-state index in [4.69, 9.17) is 11.6 Å². The lowest BCUT2D eigenvalue weighted by molar-refractivity contribution is -0.114. The Labute approximate surface area is 101 Å². The molecule has 90 valence electrons. The van der Waals surface area contributed by atoms with Crippen LogP contribution in [0.15, 0.2) is 12.1 Å². The summed E-state index contributed by atoms with van der Waals surface area (Å²) in [6, 6.07) is 1.53. The topological polar surface area (TPSA) is 37.4 Å². The van der Waals surface area contributed by atoms with E-state index in [1.807, 2.05) is 0 Å². The van der Waals surface area contributed by atoms with Crippen molar-refractivity contribution >= 4 is 29.0 Å². The van der Waals surface area contributed by atoms with Gasteiger partial charge in [-0.25, -0.2) is 8.78 Å². The number of Topliss-reactive ketones (excluding diaryl/α,β-unsaturated/α-hetero) is 1. The van der Waals surface area contributed by atoms with Crippen LogP contribution in [0.3, 0.4) is 0 Å². The standard InChI is InChI=1S/C11H8ClF2NO2/c12-2-1-3-15-9-7(10(16)11(15)17)4-6(13)5-8(9)14/h4-5H,1-3H2. The molecule has 1 aromatic rings. The van der Waals surface area contributed by atoms with Crippen molar-refractivity contribution in [3.05, 3.63) is 29.3 Å². The highest BCUT2D eigenvalue weighted by atomic mass is 35.5. The molecule has 0 saturated carbocycles. The van der Waals surface area contributed by atoms with Gasteiger partial charge in [-0.1, -0.05) is 0 Å². The highest BCUT2D eigenvalue weighted by molar-refractivity contribution is 6.52. The molecule has 6 heteroatoms. The van der Waals surface area contributed by atoms with Gasteiger partial charge in [0.15, 0.2) is 5.82 Å². The zero-order valence-electron chi connectivity index (χ0n) is 8.67. The lowest BCUT2D eigenvalue weighted by atomic mass is 10.1. The Morgan fingerprint density at radius 1 is 1.24 bits per heavy atom. The van der Waals surface area contributed by atoms with Gasteiger partial charge in [0.1, 0.15) is 5.82 Å². The monoisotopic (exact) mass is 259 g/mol. The van der Waals surface area contributed by atoms with Gasteiger partial charge in [0.25, 0.3) is 11.7 Å². The maximum atomic E-state index is 13.6. The lowest BCUT2D eigenvalue weighted by Crippen LogP contribution is -2.31. The maximum absolute atomic E-state index is 13.6. The van der Waals surface area contributed by atoms with Crippen LogP contribution < -0.4 is 4.90 Å². The van der Waals surface area contributed by atoms with Gasteiger partial charge in [-0.2, -0.15) is 0 Å². The van der Waals surface area contributed by atoms with Crippen LogP contribution in [0.1, 0.15) is 16.8 Å². The van der Waals surface area contributed by atoms with E-state index in [-0.39, 0.29) is 23.7 Å². The molecule has 0 aromatic heterocycles. The van der Waals surface area contributed by atoms with Gasteiger partial charge in [-0.3, -0.25) is 9.59 Å². The summed E-state index contributed by atoms with van der Waals surface area (Å²) >= 11 is 5.48. The minimum Gasteiger partial charge on any atom is -0.302 e. The number of amides is 1. The van der Waals surface area contributed by atoms with Crippen LogP contribution >= 0.6 is 11.6 Å². The predicted molar refractivity (Wildman–Crippen MR) is 58.4 cm³/mol. The van der Waals surface area contributed by atoms with E-state index in [1.54, 1.807) is 0 Å². The molecule has 1 aromatic carbocycles. The molecule has 0 saturated heterocycles. The summed E-state index contributed by atoms with van der Waals surface area (Å²) < 4.78 is 26.5. The lowest BCUT2D eigenvalue weighted by Gasteiger charge is -2.16. The highest BCUT2D eigenvalue weighted by Gasteiger charge is 2.38. The Hall–Kier alpha value is -1.49. The fraction of sp³-hybridized carbons (Fsp3) is 0.273. The molecule has 17 heavy (non-hydrogen) atoms. The first-order valence-electron chi connectivity index (χ1n) is 4.97. The number of fused-ring (bicyclic) bond motifs is 1. The van der Waals surface area contributed by atoms with Crippen LogP contribution in [0.5, 0.6) is 0 Å². The van der Waals surface area contributed by atoms with Crippen LogP contribution in [-0.4, -0.2) is 24.1 Å². The van der Waals surface area contributed by atoms with Gasteiger partial charge in [0, 0.05) is 18.5 Å². The summed E-state index contributed by atoms with van der Waals surface area (Å²) in [5.74, 6) is -3.21. The Balaban J connectivity index is 2.48. The summed E-state index contributed by atoms with van der Waals surface area (Å²) in [4.78, 5) is 24.1. The molecule has 0 radical (unpaired) electrons.